The van der Waals surface area contributed by atoms with Crippen LogP contribution in [0.3, 0.4) is 0 Å². The molecule has 0 aromatic carbocycles. The average molecular weight is 272 g/mol. The van der Waals surface area contributed by atoms with Gasteiger partial charge in [0.25, 0.3) is 0 Å². The summed E-state index contributed by atoms with van der Waals surface area (Å²) in [5.74, 6) is 0.642. The van der Waals surface area contributed by atoms with E-state index in [1.54, 1.807) is 12.3 Å². The lowest BCUT2D eigenvalue weighted by Gasteiger charge is -2.40. The summed E-state index contributed by atoms with van der Waals surface area (Å²) in [7, 11) is 0. The van der Waals surface area contributed by atoms with Crippen molar-refractivity contribution in [2.45, 2.75) is 26.8 Å². The van der Waals surface area contributed by atoms with Gasteiger partial charge >= 0.3 is 0 Å². The number of hydrogen-bond donors (Lipinski definition) is 0. The molecule has 1 aliphatic rings. The van der Waals surface area contributed by atoms with E-state index in [-0.39, 0.29) is 11.9 Å². The van der Waals surface area contributed by atoms with Crippen molar-refractivity contribution in [1.29, 1.82) is 5.26 Å². The number of aromatic nitrogens is 1. The molecule has 5 nitrogen and oxygen atoms in total. The number of carbonyl (C=O) groups excluding carboxylic acids is 1. The van der Waals surface area contributed by atoms with Crippen LogP contribution in [0, 0.1) is 17.2 Å². The van der Waals surface area contributed by atoms with Gasteiger partial charge in [-0.15, -0.1) is 0 Å². The molecular formula is C15H20N4O. The molecule has 0 N–H and O–H groups in total. The first kappa shape index (κ1) is 14.3. The predicted molar refractivity (Wildman–Crippen MR) is 77.2 cm³/mol. The first-order valence-electron chi connectivity index (χ1n) is 6.94. The van der Waals surface area contributed by atoms with Gasteiger partial charge in [0.2, 0.25) is 5.91 Å². The van der Waals surface area contributed by atoms with Crippen molar-refractivity contribution in [2.75, 3.05) is 24.5 Å². The molecule has 0 bridgehead atoms. The van der Waals surface area contributed by atoms with E-state index in [1.165, 1.54) is 0 Å². The largest absolute Gasteiger partial charge is 0.357 e. The van der Waals surface area contributed by atoms with Gasteiger partial charge in [-0.2, -0.15) is 5.26 Å². The van der Waals surface area contributed by atoms with Gasteiger partial charge < -0.3 is 9.80 Å². The van der Waals surface area contributed by atoms with Crippen molar-refractivity contribution in [3.05, 3.63) is 24.0 Å². The van der Waals surface area contributed by atoms with Crippen LogP contribution in [0.4, 0.5) is 5.69 Å². The Hall–Kier alpha value is -2.09. The first-order valence-corrected chi connectivity index (χ1v) is 6.94. The number of pyridine rings is 1. The summed E-state index contributed by atoms with van der Waals surface area (Å²) in [5.41, 5.74) is 1.29. The molecule has 2 rings (SSSR count). The Bertz CT molecular complexity index is 518. The lowest BCUT2D eigenvalue weighted by Crippen LogP contribution is -2.56. The van der Waals surface area contributed by atoms with Gasteiger partial charge in [0.1, 0.15) is 17.8 Å². The van der Waals surface area contributed by atoms with Crippen LogP contribution < -0.4 is 4.90 Å². The van der Waals surface area contributed by atoms with Crippen molar-refractivity contribution in [2.24, 2.45) is 5.92 Å². The van der Waals surface area contributed by atoms with Crippen LogP contribution >= 0.6 is 0 Å². The minimum absolute atomic E-state index is 0.161. The summed E-state index contributed by atoms with van der Waals surface area (Å²) in [6.45, 7) is 8.51. The summed E-state index contributed by atoms with van der Waals surface area (Å²) in [6.07, 6.45) is 1.67. The highest BCUT2D eigenvalue weighted by atomic mass is 16.2. The topological polar surface area (TPSA) is 60.2 Å². The molecule has 1 amide bonds. The maximum Gasteiger partial charge on any atom is 0.245 e. The molecule has 0 aliphatic carbocycles. The van der Waals surface area contributed by atoms with Crippen molar-refractivity contribution >= 4 is 11.6 Å². The molecule has 5 heteroatoms. The van der Waals surface area contributed by atoms with Crippen LogP contribution in [0.5, 0.6) is 0 Å². The summed E-state index contributed by atoms with van der Waals surface area (Å²) in [4.78, 5) is 20.4. The molecule has 0 unspecified atom stereocenters. The van der Waals surface area contributed by atoms with Crippen LogP contribution in [0.15, 0.2) is 18.3 Å². The highest BCUT2D eigenvalue weighted by molar-refractivity contribution is 5.86. The third kappa shape index (κ3) is 2.90. The summed E-state index contributed by atoms with van der Waals surface area (Å²) in [6, 6.07) is 5.36. The van der Waals surface area contributed by atoms with Gasteiger partial charge in [-0.3, -0.25) is 4.79 Å². The number of piperazine rings is 1. The molecule has 1 fully saturated rings. The maximum absolute atomic E-state index is 12.4. The summed E-state index contributed by atoms with van der Waals surface area (Å²) >= 11 is 0. The Morgan fingerprint density at radius 3 is 2.75 bits per heavy atom. The Labute approximate surface area is 119 Å². The first-order chi connectivity index (χ1) is 9.52. The van der Waals surface area contributed by atoms with E-state index in [2.05, 4.69) is 18.8 Å². The number of hydrogen-bond acceptors (Lipinski definition) is 4. The number of rotatable bonds is 3. The molecule has 1 aliphatic heterocycles. The zero-order valence-electron chi connectivity index (χ0n) is 12.2. The lowest BCUT2D eigenvalue weighted by atomic mass is 10.1. The number of nitrogens with zero attached hydrogens (tertiary/aromatic N) is 4. The highest BCUT2D eigenvalue weighted by Crippen LogP contribution is 2.21. The minimum Gasteiger partial charge on any atom is -0.357 e. The van der Waals surface area contributed by atoms with E-state index in [0.717, 1.165) is 25.3 Å². The van der Waals surface area contributed by atoms with Crippen LogP contribution in [0.2, 0.25) is 0 Å². The molecular weight excluding hydrogens is 252 g/mol. The fraction of sp³-hybridized carbons (Fsp3) is 0.533. The predicted octanol–water partition coefficient (Wildman–Crippen LogP) is 1.65. The number of nitriles is 1. The Morgan fingerprint density at radius 2 is 2.20 bits per heavy atom. The zero-order valence-corrected chi connectivity index (χ0v) is 12.2. The number of amides is 1. The third-order valence-corrected chi connectivity index (χ3v) is 3.53. The van der Waals surface area contributed by atoms with E-state index in [1.807, 2.05) is 28.9 Å². The average Bonchev–Trinajstić information content (AvgIpc) is 2.44. The van der Waals surface area contributed by atoms with Crippen LogP contribution in [-0.4, -0.2) is 41.5 Å². The van der Waals surface area contributed by atoms with E-state index < -0.39 is 0 Å². The molecule has 2 heterocycles. The van der Waals surface area contributed by atoms with Gasteiger partial charge in [0.05, 0.1) is 11.9 Å². The van der Waals surface area contributed by atoms with E-state index in [9.17, 15) is 4.79 Å². The fourth-order valence-corrected chi connectivity index (χ4v) is 2.53. The maximum atomic E-state index is 12.4. The van der Waals surface area contributed by atoms with Gasteiger partial charge in [-0.25, -0.2) is 4.98 Å². The Morgan fingerprint density at radius 1 is 1.45 bits per heavy atom. The molecule has 1 atom stereocenters. The Balaban J connectivity index is 2.11. The standard InChI is InChI=1S/C15H20N4O/c1-11(2)10-18-6-7-19(12(3)15(18)20)14-5-4-13(8-16)17-9-14/h4-5,9,11-12H,6-7,10H2,1-3H3/t12-/m1/s1. The summed E-state index contributed by atoms with van der Waals surface area (Å²) < 4.78 is 0. The molecule has 1 aromatic heterocycles. The van der Waals surface area contributed by atoms with Crippen LogP contribution in [-0.2, 0) is 4.79 Å². The number of anilines is 1. The minimum atomic E-state index is -0.183. The molecule has 1 saturated heterocycles. The van der Waals surface area contributed by atoms with Gasteiger partial charge in [0, 0.05) is 19.6 Å². The van der Waals surface area contributed by atoms with Gasteiger partial charge in [0.15, 0.2) is 0 Å². The Kier molecular flexibility index (Phi) is 4.23. The van der Waals surface area contributed by atoms with Crippen molar-refractivity contribution in [1.82, 2.24) is 9.88 Å². The molecule has 0 saturated carbocycles. The van der Waals surface area contributed by atoms with Gasteiger partial charge in [-0.1, -0.05) is 13.8 Å². The van der Waals surface area contributed by atoms with E-state index >= 15 is 0 Å². The third-order valence-electron chi connectivity index (χ3n) is 3.53. The molecule has 0 spiro atoms. The molecule has 106 valence electrons. The second-order valence-electron chi connectivity index (χ2n) is 5.56. The highest BCUT2D eigenvalue weighted by Gasteiger charge is 2.31. The monoisotopic (exact) mass is 272 g/mol. The lowest BCUT2D eigenvalue weighted by molar-refractivity contribution is -0.134. The van der Waals surface area contributed by atoms with E-state index in [4.69, 9.17) is 5.26 Å². The molecule has 1 aromatic rings. The summed E-state index contributed by atoms with van der Waals surface area (Å²) in [5, 5.41) is 8.76. The second-order valence-corrected chi connectivity index (χ2v) is 5.56. The van der Waals surface area contributed by atoms with Crippen molar-refractivity contribution in [3.63, 3.8) is 0 Å². The normalized spacial score (nSPS) is 19.4. The van der Waals surface area contributed by atoms with Crippen LogP contribution in [0.1, 0.15) is 26.5 Å². The van der Waals surface area contributed by atoms with Gasteiger partial charge in [-0.05, 0) is 25.0 Å². The van der Waals surface area contributed by atoms with Crippen LogP contribution in [0.25, 0.3) is 0 Å². The fourth-order valence-electron chi connectivity index (χ4n) is 2.53. The SMILES string of the molecule is CC(C)CN1CCN(c2ccc(C#N)nc2)[C@H](C)C1=O. The van der Waals surface area contributed by atoms with Crippen molar-refractivity contribution < 1.29 is 4.79 Å². The molecule has 0 radical (unpaired) electrons. The smallest absolute Gasteiger partial charge is 0.245 e. The molecule has 20 heavy (non-hydrogen) atoms. The number of carbonyl (C=O) groups is 1. The van der Waals surface area contributed by atoms with Crippen molar-refractivity contribution in [3.8, 4) is 6.07 Å². The quantitative estimate of drug-likeness (QED) is 0.839. The second kappa shape index (κ2) is 5.91. The van der Waals surface area contributed by atoms with E-state index in [0.29, 0.717) is 11.6 Å². The zero-order chi connectivity index (χ0) is 14.7.